The highest BCUT2D eigenvalue weighted by molar-refractivity contribution is 7.17. The number of nitrogen functional groups attached to an aromatic ring is 1. The summed E-state index contributed by atoms with van der Waals surface area (Å²) in [6.07, 6.45) is 1.75. The number of nitrogens with two attached hydrogens (primary N) is 1. The molecule has 0 atom stereocenters. The Bertz CT molecular complexity index is 1020. The molecule has 0 spiro atoms. The number of thiophene rings is 1. The van der Waals surface area contributed by atoms with Crippen molar-refractivity contribution in [1.29, 1.82) is 0 Å². The third-order valence-corrected chi connectivity index (χ3v) is 4.64. The van der Waals surface area contributed by atoms with E-state index < -0.39 is 0 Å². The van der Waals surface area contributed by atoms with Crippen molar-refractivity contribution in [2.45, 2.75) is 6.54 Å². The molecule has 0 aliphatic rings. The van der Waals surface area contributed by atoms with Crippen molar-refractivity contribution < 1.29 is 4.39 Å². The first kappa shape index (κ1) is 15.5. The van der Waals surface area contributed by atoms with Gasteiger partial charge in [-0.25, -0.2) is 9.37 Å². The van der Waals surface area contributed by atoms with Gasteiger partial charge >= 0.3 is 0 Å². The van der Waals surface area contributed by atoms with Crippen LogP contribution in [0, 0.1) is 5.82 Å². The van der Waals surface area contributed by atoms with Crippen molar-refractivity contribution in [2.24, 2.45) is 0 Å². The Morgan fingerprint density at radius 1 is 1.08 bits per heavy atom. The van der Waals surface area contributed by atoms with Gasteiger partial charge in [0.25, 0.3) is 0 Å². The zero-order valence-electron chi connectivity index (χ0n) is 13.1. The van der Waals surface area contributed by atoms with Crippen LogP contribution in [0.25, 0.3) is 21.3 Å². The predicted molar refractivity (Wildman–Crippen MR) is 98.8 cm³/mol. The second kappa shape index (κ2) is 6.45. The molecule has 7 heteroatoms. The number of aromatic nitrogens is 3. The summed E-state index contributed by atoms with van der Waals surface area (Å²) < 4.78 is 13.2. The van der Waals surface area contributed by atoms with Gasteiger partial charge in [-0.2, -0.15) is 4.98 Å². The topological polar surface area (TPSA) is 76.7 Å². The summed E-state index contributed by atoms with van der Waals surface area (Å²) in [7, 11) is 0. The molecule has 0 amide bonds. The van der Waals surface area contributed by atoms with Crippen LogP contribution in [0.15, 0.2) is 54.0 Å². The molecule has 0 saturated carbocycles. The number of hydrogen-bond donors (Lipinski definition) is 2. The molecule has 0 aliphatic heterocycles. The van der Waals surface area contributed by atoms with Crippen LogP contribution in [0.5, 0.6) is 0 Å². The molecule has 1 aromatic carbocycles. The molecule has 4 aromatic rings. The molecule has 124 valence electrons. The summed E-state index contributed by atoms with van der Waals surface area (Å²) in [4.78, 5) is 13.7. The van der Waals surface area contributed by atoms with Crippen LogP contribution in [-0.2, 0) is 6.54 Å². The molecule has 4 rings (SSSR count). The Morgan fingerprint density at radius 2 is 1.92 bits per heavy atom. The number of fused-ring (bicyclic) bond motifs is 1. The number of halogens is 1. The van der Waals surface area contributed by atoms with Crippen LogP contribution in [0.4, 0.5) is 16.2 Å². The van der Waals surface area contributed by atoms with Gasteiger partial charge in [-0.3, -0.25) is 4.98 Å². The Hall–Kier alpha value is -3.06. The third kappa shape index (κ3) is 3.14. The van der Waals surface area contributed by atoms with E-state index >= 15 is 0 Å². The number of nitrogens with zero attached hydrogens (tertiary/aromatic N) is 3. The van der Waals surface area contributed by atoms with E-state index in [1.54, 1.807) is 18.3 Å². The van der Waals surface area contributed by atoms with Gasteiger partial charge < -0.3 is 11.1 Å². The van der Waals surface area contributed by atoms with Crippen LogP contribution < -0.4 is 11.1 Å². The molecular formula is C18H14FN5S. The molecule has 0 unspecified atom stereocenters. The van der Waals surface area contributed by atoms with Gasteiger partial charge in [-0.15, -0.1) is 11.3 Å². The molecule has 0 bridgehead atoms. The maximum absolute atomic E-state index is 13.2. The molecule has 0 aliphatic carbocycles. The Labute approximate surface area is 147 Å². The lowest BCUT2D eigenvalue weighted by molar-refractivity contribution is 0.628. The van der Waals surface area contributed by atoms with Crippen LogP contribution in [0.3, 0.4) is 0 Å². The molecule has 3 N–H and O–H groups in total. The van der Waals surface area contributed by atoms with Crippen molar-refractivity contribution in [3.05, 3.63) is 65.6 Å². The molecule has 25 heavy (non-hydrogen) atoms. The van der Waals surface area contributed by atoms with E-state index in [0.717, 1.165) is 27.0 Å². The van der Waals surface area contributed by atoms with Gasteiger partial charge in [0, 0.05) is 17.1 Å². The minimum atomic E-state index is -0.266. The monoisotopic (exact) mass is 351 g/mol. The fourth-order valence-electron chi connectivity index (χ4n) is 2.61. The fraction of sp³-hybridized carbons (Fsp3) is 0.0556. The molecule has 0 saturated heterocycles. The highest BCUT2D eigenvalue weighted by Gasteiger charge is 2.14. The minimum Gasteiger partial charge on any atom is -0.368 e. The van der Waals surface area contributed by atoms with E-state index in [9.17, 15) is 4.39 Å². The number of anilines is 2. The summed E-state index contributed by atoms with van der Waals surface area (Å²) in [6.45, 7) is 0.519. The standard InChI is InChI=1S/C18H14FN5S/c19-12-6-4-11(5-7-12)14-10-25-17-15(14)16(23-18(20)24-17)22-9-13-3-1-2-8-21-13/h1-8,10H,9H2,(H3,20,22,23,24). The first-order valence-electron chi connectivity index (χ1n) is 7.65. The smallest absolute Gasteiger partial charge is 0.223 e. The first-order chi connectivity index (χ1) is 12.2. The summed E-state index contributed by atoms with van der Waals surface area (Å²) in [6, 6.07) is 12.1. The van der Waals surface area contributed by atoms with Crippen LogP contribution in [-0.4, -0.2) is 15.0 Å². The molecule has 0 fully saturated rings. The van der Waals surface area contributed by atoms with Gasteiger partial charge in [0.1, 0.15) is 16.5 Å². The molecule has 3 aromatic heterocycles. The van der Waals surface area contributed by atoms with Crippen molar-refractivity contribution >= 4 is 33.3 Å². The normalized spacial score (nSPS) is 10.9. The SMILES string of the molecule is Nc1nc(NCc2ccccn2)c2c(-c3ccc(F)cc3)csc2n1. The van der Waals surface area contributed by atoms with E-state index in [1.165, 1.54) is 23.5 Å². The van der Waals surface area contributed by atoms with E-state index in [-0.39, 0.29) is 11.8 Å². The van der Waals surface area contributed by atoms with E-state index in [4.69, 9.17) is 5.73 Å². The molecule has 3 heterocycles. The number of pyridine rings is 1. The zero-order chi connectivity index (χ0) is 17.2. The minimum absolute atomic E-state index is 0.212. The third-order valence-electron chi connectivity index (χ3n) is 3.77. The average Bonchev–Trinajstić information content (AvgIpc) is 3.05. The van der Waals surface area contributed by atoms with Crippen molar-refractivity contribution in [3.8, 4) is 11.1 Å². The Balaban J connectivity index is 1.77. The van der Waals surface area contributed by atoms with Gasteiger partial charge in [0.05, 0.1) is 17.6 Å². The van der Waals surface area contributed by atoms with Crippen LogP contribution >= 0.6 is 11.3 Å². The van der Waals surface area contributed by atoms with Gasteiger partial charge in [-0.1, -0.05) is 18.2 Å². The Morgan fingerprint density at radius 3 is 2.68 bits per heavy atom. The van der Waals surface area contributed by atoms with Gasteiger partial charge in [-0.05, 0) is 29.8 Å². The van der Waals surface area contributed by atoms with Crippen LogP contribution in [0.1, 0.15) is 5.69 Å². The highest BCUT2D eigenvalue weighted by atomic mass is 32.1. The van der Waals surface area contributed by atoms with E-state index in [2.05, 4.69) is 20.3 Å². The molecule has 5 nitrogen and oxygen atoms in total. The maximum Gasteiger partial charge on any atom is 0.223 e. The van der Waals surface area contributed by atoms with Crippen LogP contribution in [0.2, 0.25) is 0 Å². The number of rotatable bonds is 4. The van der Waals surface area contributed by atoms with E-state index in [0.29, 0.717) is 12.4 Å². The predicted octanol–water partition coefficient (Wildman–Crippen LogP) is 4.09. The summed E-state index contributed by atoms with van der Waals surface area (Å²) in [5.41, 5.74) is 8.59. The number of hydrogen-bond acceptors (Lipinski definition) is 6. The highest BCUT2D eigenvalue weighted by Crippen LogP contribution is 2.37. The quantitative estimate of drug-likeness (QED) is 0.579. The lowest BCUT2D eigenvalue weighted by atomic mass is 10.1. The zero-order valence-corrected chi connectivity index (χ0v) is 13.9. The second-order valence-electron chi connectivity index (χ2n) is 5.44. The van der Waals surface area contributed by atoms with Crippen molar-refractivity contribution in [1.82, 2.24) is 15.0 Å². The summed E-state index contributed by atoms with van der Waals surface area (Å²) in [5, 5.41) is 6.15. The summed E-state index contributed by atoms with van der Waals surface area (Å²) in [5.74, 6) is 0.592. The maximum atomic E-state index is 13.2. The molecular weight excluding hydrogens is 337 g/mol. The van der Waals surface area contributed by atoms with Gasteiger partial charge in [0.15, 0.2) is 0 Å². The Kier molecular flexibility index (Phi) is 3.99. The van der Waals surface area contributed by atoms with Crippen molar-refractivity contribution in [3.63, 3.8) is 0 Å². The lowest BCUT2D eigenvalue weighted by Crippen LogP contribution is -2.06. The number of benzene rings is 1. The summed E-state index contributed by atoms with van der Waals surface area (Å²) >= 11 is 1.48. The first-order valence-corrected chi connectivity index (χ1v) is 8.53. The largest absolute Gasteiger partial charge is 0.368 e. The lowest BCUT2D eigenvalue weighted by Gasteiger charge is -2.09. The molecule has 0 radical (unpaired) electrons. The fourth-order valence-corrected chi connectivity index (χ4v) is 3.56. The van der Waals surface area contributed by atoms with Crippen molar-refractivity contribution in [2.75, 3.05) is 11.1 Å². The van der Waals surface area contributed by atoms with Gasteiger partial charge in [0.2, 0.25) is 5.95 Å². The second-order valence-corrected chi connectivity index (χ2v) is 6.30. The van der Waals surface area contributed by atoms with E-state index in [1.807, 2.05) is 23.6 Å². The average molecular weight is 351 g/mol. The number of nitrogens with one attached hydrogen (secondary N) is 1.